The molecule has 2 aromatic carbocycles. The molecule has 1 fully saturated rings. The van der Waals surface area contributed by atoms with Gasteiger partial charge in [0.05, 0.1) is 30.0 Å². The first-order valence-corrected chi connectivity index (χ1v) is 13.8. The van der Waals surface area contributed by atoms with Crippen molar-refractivity contribution in [2.75, 3.05) is 37.7 Å². The Labute approximate surface area is 220 Å². The lowest BCUT2D eigenvalue weighted by molar-refractivity contribution is 0.0255. The molecule has 2 aliphatic rings. The molecule has 0 unspecified atom stereocenters. The highest BCUT2D eigenvalue weighted by Gasteiger charge is 2.28. The smallest absolute Gasteiger partial charge is 0.255 e. The topological polar surface area (TPSA) is 61.5 Å². The Kier molecular flexibility index (Phi) is 6.56. The van der Waals surface area contributed by atoms with Crippen molar-refractivity contribution in [3.63, 3.8) is 0 Å². The quantitative estimate of drug-likeness (QED) is 0.372. The Morgan fingerprint density at radius 2 is 2.05 bits per heavy atom. The number of thiophene rings is 1. The highest BCUT2D eigenvalue weighted by molar-refractivity contribution is 7.17. The number of hydrogen-bond donors (Lipinski definition) is 0. The zero-order valence-electron chi connectivity index (χ0n) is 21.0. The van der Waals surface area contributed by atoms with Gasteiger partial charge >= 0.3 is 0 Å². The third-order valence-corrected chi connectivity index (χ3v) is 8.67. The summed E-state index contributed by atoms with van der Waals surface area (Å²) in [6, 6.07) is 20.3. The molecule has 6 rings (SSSR count). The maximum atomic E-state index is 12.3. The number of piperazine rings is 1. The van der Waals surface area contributed by atoms with E-state index >= 15 is 0 Å². The molecule has 188 valence electrons. The predicted octanol–water partition coefficient (Wildman–Crippen LogP) is 5.14. The number of nitriles is 1. The van der Waals surface area contributed by atoms with E-state index < -0.39 is 0 Å². The summed E-state index contributed by atoms with van der Waals surface area (Å²) in [5.41, 5.74) is 5.45. The van der Waals surface area contributed by atoms with Crippen LogP contribution < -0.4 is 10.5 Å². The average Bonchev–Trinajstić information content (AvgIpc) is 3.35. The summed E-state index contributed by atoms with van der Waals surface area (Å²) in [5.74, 6) is 0. The molecule has 0 saturated carbocycles. The lowest BCUT2D eigenvalue weighted by Gasteiger charge is -2.41. The second-order valence-electron chi connectivity index (χ2n) is 9.96. The van der Waals surface area contributed by atoms with E-state index in [-0.39, 0.29) is 11.7 Å². The molecule has 2 aromatic heterocycles. The van der Waals surface area contributed by atoms with Crippen LogP contribution >= 0.6 is 11.3 Å². The van der Waals surface area contributed by atoms with Crippen molar-refractivity contribution in [3.05, 3.63) is 93.2 Å². The maximum absolute atomic E-state index is 12.3. The van der Waals surface area contributed by atoms with E-state index in [9.17, 15) is 10.1 Å². The van der Waals surface area contributed by atoms with Crippen molar-refractivity contribution >= 4 is 27.1 Å². The highest BCUT2D eigenvalue weighted by Crippen LogP contribution is 2.35. The number of pyridine rings is 1. The van der Waals surface area contributed by atoms with E-state index in [4.69, 9.17) is 4.74 Å². The number of ether oxygens (including phenoxy) is 1. The first kappa shape index (κ1) is 23.9. The molecule has 1 saturated heterocycles. The fraction of sp³-hybridized carbons (Fsp3) is 0.333. The molecule has 6 nitrogen and oxygen atoms in total. The van der Waals surface area contributed by atoms with Gasteiger partial charge in [-0.25, -0.2) is 0 Å². The fourth-order valence-corrected chi connectivity index (χ4v) is 6.72. The van der Waals surface area contributed by atoms with Crippen LogP contribution in [0.1, 0.15) is 36.1 Å². The minimum Gasteiger partial charge on any atom is -0.373 e. The third-order valence-electron chi connectivity index (χ3n) is 7.73. The molecular formula is C30H30N4O2S. The minimum absolute atomic E-state index is 0.0124. The van der Waals surface area contributed by atoms with Gasteiger partial charge in [-0.1, -0.05) is 18.2 Å². The van der Waals surface area contributed by atoms with Crippen molar-refractivity contribution < 1.29 is 4.74 Å². The van der Waals surface area contributed by atoms with Crippen LogP contribution in [0.15, 0.2) is 71.0 Å². The summed E-state index contributed by atoms with van der Waals surface area (Å²) >= 11 is 1.72. The molecule has 4 heterocycles. The number of anilines is 1. The van der Waals surface area contributed by atoms with E-state index in [1.807, 2.05) is 30.5 Å². The molecule has 2 aliphatic heterocycles. The number of benzene rings is 2. The highest BCUT2D eigenvalue weighted by atomic mass is 32.1. The zero-order valence-corrected chi connectivity index (χ0v) is 21.8. The summed E-state index contributed by atoms with van der Waals surface area (Å²) in [4.78, 5) is 17.3. The van der Waals surface area contributed by atoms with Crippen molar-refractivity contribution in [1.29, 1.82) is 5.26 Å². The molecule has 0 amide bonds. The van der Waals surface area contributed by atoms with Gasteiger partial charge in [0.25, 0.3) is 5.56 Å². The minimum atomic E-state index is -0.0124. The Morgan fingerprint density at radius 3 is 2.89 bits per heavy atom. The standard InChI is InChI=1S/C30H30N4O2S/c1-21-19-33(27-20-37-29-16-22(18-31)5-7-26(27)29)14-13-32(21)12-9-28-25-8-6-24(17-23(25)10-15-36-28)34-11-3-2-4-30(34)35/h2-8,11,16-17,20-21,28H,9-10,12-15,19H2,1H3/t21-,28+/m1/s1. The van der Waals surface area contributed by atoms with E-state index in [2.05, 4.69) is 46.4 Å². The molecule has 0 spiro atoms. The Bertz CT molecular complexity index is 1530. The number of rotatable bonds is 5. The van der Waals surface area contributed by atoms with E-state index in [0.717, 1.165) is 50.3 Å². The van der Waals surface area contributed by atoms with Crippen LogP contribution in [0.5, 0.6) is 0 Å². The van der Waals surface area contributed by atoms with Crippen LogP contribution in [-0.2, 0) is 11.2 Å². The van der Waals surface area contributed by atoms with E-state index in [0.29, 0.717) is 12.6 Å². The fourth-order valence-electron chi connectivity index (χ4n) is 5.71. The monoisotopic (exact) mass is 510 g/mol. The van der Waals surface area contributed by atoms with Crippen LogP contribution in [0.4, 0.5) is 5.69 Å². The third kappa shape index (κ3) is 4.69. The maximum Gasteiger partial charge on any atom is 0.255 e. The van der Waals surface area contributed by atoms with Crippen LogP contribution in [0, 0.1) is 11.3 Å². The van der Waals surface area contributed by atoms with Gasteiger partial charge in [-0.05, 0) is 61.2 Å². The molecule has 7 heteroatoms. The van der Waals surface area contributed by atoms with Gasteiger partial charge in [-0.3, -0.25) is 14.3 Å². The average molecular weight is 511 g/mol. The Morgan fingerprint density at radius 1 is 1.14 bits per heavy atom. The van der Waals surface area contributed by atoms with Gasteiger partial charge < -0.3 is 9.64 Å². The number of fused-ring (bicyclic) bond motifs is 2. The molecule has 0 radical (unpaired) electrons. The normalized spacial score (nSPS) is 20.1. The van der Waals surface area contributed by atoms with Crippen molar-refractivity contribution in [3.8, 4) is 11.8 Å². The van der Waals surface area contributed by atoms with Gasteiger partial charge in [0.1, 0.15) is 0 Å². The number of aromatic nitrogens is 1. The van der Waals surface area contributed by atoms with Gasteiger partial charge in [0.15, 0.2) is 0 Å². The first-order chi connectivity index (χ1) is 18.1. The number of hydrogen-bond acceptors (Lipinski definition) is 6. The second-order valence-corrected chi connectivity index (χ2v) is 10.9. The SMILES string of the molecule is C[C@@H]1CN(c2csc3cc(C#N)ccc23)CCN1CC[C@@H]1OCCc2cc(-n3ccccc3=O)ccc21. The summed E-state index contributed by atoms with van der Waals surface area (Å²) in [6.07, 6.45) is 3.75. The van der Waals surface area contributed by atoms with Crippen LogP contribution in [0.25, 0.3) is 15.8 Å². The summed E-state index contributed by atoms with van der Waals surface area (Å²) < 4.78 is 9.10. The molecule has 37 heavy (non-hydrogen) atoms. The van der Waals surface area contributed by atoms with E-state index in [1.54, 1.807) is 28.0 Å². The largest absolute Gasteiger partial charge is 0.373 e. The van der Waals surface area contributed by atoms with Crippen LogP contribution in [0.2, 0.25) is 0 Å². The lowest BCUT2D eigenvalue weighted by atomic mass is 9.94. The number of nitrogens with zero attached hydrogens (tertiary/aromatic N) is 4. The molecule has 4 aromatic rings. The summed E-state index contributed by atoms with van der Waals surface area (Å²) in [7, 11) is 0. The van der Waals surface area contributed by atoms with Crippen LogP contribution in [0.3, 0.4) is 0 Å². The van der Waals surface area contributed by atoms with Crippen molar-refractivity contribution in [1.82, 2.24) is 9.47 Å². The molecular weight excluding hydrogens is 480 g/mol. The van der Waals surface area contributed by atoms with Gasteiger partial charge in [-0.2, -0.15) is 5.26 Å². The summed E-state index contributed by atoms with van der Waals surface area (Å²) in [6.45, 7) is 7.02. The van der Waals surface area contributed by atoms with Crippen molar-refractivity contribution in [2.24, 2.45) is 0 Å². The van der Waals surface area contributed by atoms with Crippen LogP contribution in [-0.4, -0.2) is 48.3 Å². The van der Waals surface area contributed by atoms with E-state index in [1.165, 1.54) is 26.9 Å². The molecule has 0 N–H and O–H groups in total. The lowest BCUT2D eigenvalue weighted by Crippen LogP contribution is -2.52. The van der Waals surface area contributed by atoms with Gasteiger partial charge in [-0.15, -0.1) is 11.3 Å². The molecule has 0 bridgehead atoms. The van der Waals surface area contributed by atoms with Gasteiger partial charge in [0, 0.05) is 65.6 Å². The molecule has 2 atom stereocenters. The van der Waals surface area contributed by atoms with Gasteiger partial charge in [0.2, 0.25) is 0 Å². The summed E-state index contributed by atoms with van der Waals surface area (Å²) in [5, 5.41) is 12.7. The second kappa shape index (κ2) is 10.1. The molecule has 0 aliphatic carbocycles. The van der Waals surface area contributed by atoms with Crippen molar-refractivity contribution in [2.45, 2.75) is 31.9 Å². The first-order valence-electron chi connectivity index (χ1n) is 12.9. The zero-order chi connectivity index (χ0) is 25.4. The Balaban J connectivity index is 1.11. The predicted molar refractivity (Wildman–Crippen MR) is 149 cm³/mol. The Hall–Kier alpha value is -3.44.